The van der Waals surface area contributed by atoms with Crippen molar-refractivity contribution in [2.75, 3.05) is 36.9 Å². The van der Waals surface area contributed by atoms with Gasteiger partial charge in [0.05, 0.1) is 24.3 Å². The zero-order chi connectivity index (χ0) is 23.7. The van der Waals surface area contributed by atoms with Gasteiger partial charge in [-0.1, -0.05) is 6.07 Å². The van der Waals surface area contributed by atoms with E-state index in [4.69, 9.17) is 15.5 Å². The minimum absolute atomic E-state index is 0.00690. The summed E-state index contributed by atoms with van der Waals surface area (Å²) in [6, 6.07) is 6.45. The highest BCUT2D eigenvalue weighted by Crippen LogP contribution is 2.31. The lowest BCUT2D eigenvalue weighted by atomic mass is 10.0. The summed E-state index contributed by atoms with van der Waals surface area (Å²) >= 11 is 0. The molecule has 4 heterocycles. The van der Waals surface area contributed by atoms with Crippen LogP contribution in [0.1, 0.15) is 12.5 Å². The fourth-order valence-electron chi connectivity index (χ4n) is 3.92. The van der Waals surface area contributed by atoms with Crippen LogP contribution in [0.4, 0.5) is 16.2 Å². The molecule has 1 aliphatic heterocycles. The maximum Gasteiger partial charge on any atom is 0.219 e. The second kappa shape index (κ2) is 9.06. The molecule has 0 saturated carbocycles. The lowest BCUT2D eigenvalue weighted by Gasteiger charge is -2.28. The number of hydrogen-bond donors (Lipinski definition) is 1. The number of aromatic nitrogens is 5. The Hall–Kier alpha value is -4.05. The van der Waals surface area contributed by atoms with Crippen molar-refractivity contribution in [3.8, 4) is 22.5 Å². The van der Waals surface area contributed by atoms with Crippen LogP contribution in [0.15, 0.2) is 42.9 Å². The van der Waals surface area contributed by atoms with E-state index in [1.165, 1.54) is 13.0 Å². The molecule has 0 amide bonds. The Morgan fingerprint density at radius 1 is 1.06 bits per heavy atom. The number of Topliss-reactive ketones (excluding diaryl/α,β-unsaturated/α-hetero) is 1. The third-order valence-electron chi connectivity index (χ3n) is 5.55. The van der Waals surface area contributed by atoms with Gasteiger partial charge in [0.2, 0.25) is 5.95 Å². The Morgan fingerprint density at radius 3 is 2.53 bits per heavy atom. The Balaban J connectivity index is 1.66. The average Bonchev–Trinajstić information content (AvgIpc) is 2.85. The number of fused-ring (bicyclic) bond motifs is 1. The third kappa shape index (κ3) is 4.40. The molecule has 0 bridgehead atoms. The van der Waals surface area contributed by atoms with E-state index in [9.17, 15) is 9.18 Å². The highest BCUT2D eigenvalue weighted by Gasteiger charge is 2.20. The van der Waals surface area contributed by atoms with E-state index in [1.54, 1.807) is 36.8 Å². The first kappa shape index (κ1) is 21.8. The van der Waals surface area contributed by atoms with Gasteiger partial charge in [0.1, 0.15) is 17.1 Å². The Morgan fingerprint density at radius 2 is 1.79 bits per heavy atom. The number of nitrogens with zero attached hydrogens (tertiary/aromatic N) is 6. The summed E-state index contributed by atoms with van der Waals surface area (Å²) in [4.78, 5) is 35.8. The summed E-state index contributed by atoms with van der Waals surface area (Å²) in [5.74, 6) is 0.842. The van der Waals surface area contributed by atoms with E-state index < -0.39 is 5.82 Å². The molecule has 0 atom stereocenters. The van der Waals surface area contributed by atoms with Crippen LogP contribution >= 0.6 is 0 Å². The fraction of sp³-hybridized carbons (Fsp3) is 0.250. The Labute approximate surface area is 194 Å². The molecule has 3 aromatic heterocycles. The van der Waals surface area contributed by atoms with Crippen LogP contribution in [0, 0.1) is 5.82 Å². The van der Waals surface area contributed by atoms with E-state index in [0.29, 0.717) is 65.7 Å². The number of ketones is 1. The number of morpholine rings is 1. The molecule has 10 heteroatoms. The predicted molar refractivity (Wildman–Crippen MR) is 126 cm³/mol. The van der Waals surface area contributed by atoms with Gasteiger partial charge in [-0.3, -0.25) is 9.78 Å². The SMILES string of the molecule is CC(=O)Cc1ccc(F)c(-c2cnc3c(N4CCOCC4)nc(-c4cnc(N)nc4)nc3c2)c1. The fourth-order valence-corrected chi connectivity index (χ4v) is 3.92. The summed E-state index contributed by atoms with van der Waals surface area (Å²) in [5, 5.41) is 0. The van der Waals surface area contributed by atoms with E-state index >= 15 is 0 Å². The number of pyridine rings is 1. The van der Waals surface area contributed by atoms with E-state index in [2.05, 4.69) is 24.8 Å². The highest BCUT2D eigenvalue weighted by molar-refractivity contribution is 5.90. The zero-order valence-electron chi connectivity index (χ0n) is 18.5. The lowest BCUT2D eigenvalue weighted by Crippen LogP contribution is -2.37. The van der Waals surface area contributed by atoms with Crippen molar-refractivity contribution in [1.82, 2.24) is 24.9 Å². The largest absolute Gasteiger partial charge is 0.378 e. The number of benzene rings is 1. The minimum atomic E-state index is -0.400. The van der Waals surface area contributed by atoms with E-state index in [-0.39, 0.29) is 18.2 Å². The first-order chi connectivity index (χ1) is 16.5. The first-order valence-corrected chi connectivity index (χ1v) is 10.8. The minimum Gasteiger partial charge on any atom is -0.378 e. The molecule has 172 valence electrons. The summed E-state index contributed by atoms with van der Waals surface area (Å²) in [5.41, 5.74) is 9.04. The molecule has 0 aliphatic carbocycles. The molecule has 1 fully saturated rings. The van der Waals surface area contributed by atoms with Gasteiger partial charge in [-0.05, 0) is 30.7 Å². The van der Waals surface area contributed by atoms with Crippen molar-refractivity contribution < 1.29 is 13.9 Å². The second-order valence-electron chi connectivity index (χ2n) is 8.08. The first-order valence-electron chi connectivity index (χ1n) is 10.8. The van der Waals surface area contributed by atoms with Crippen LogP contribution in [-0.4, -0.2) is 57.0 Å². The van der Waals surface area contributed by atoms with Crippen LogP contribution in [0.3, 0.4) is 0 Å². The normalized spacial score (nSPS) is 13.9. The summed E-state index contributed by atoms with van der Waals surface area (Å²) in [6.07, 6.45) is 4.97. The standard InChI is InChI=1S/C24H22FN7O2/c1-14(33)8-15-2-3-19(25)18(9-15)16-10-20-21(27-11-16)23(32-4-6-34-7-5-32)31-22(30-20)17-12-28-24(26)29-13-17/h2-3,9-13H,4-8H2,1H3,(H2,26,28,29). The molecule has 34 heavy (non-hydrogen) atoms. The van der Waals surface area contributed by atoms with Gasteiger partial charge in [-0.15, -0.1) is 0 Å². The number of halogens is 1. The van der Waals surface area contributed by atoms with Gasteiger partial charge >= 0.3 is 0 Å². The van der Waals surface area contributed by atoms with Crippen molar-refractivity contribution in [2.45, 2.75) is 13.3 Å². The number of nitrogens with two attached hydrogens (primary N) is 1. The topological polar surface area (TPSA) is 120 Å². The van der Waals surface area contributed by atoms with Crippen molar-refractivity contribution in [3.05, 3.63) is 54.2 Å². The van der Waals surface area contributed by atoms with E-state index in [1.807, 2.05) is 0 Å². The van der Waals surface area contributed by atoms with Gasteiger partial charge in [-0.2, -0.15) is 0 Å². The van der Waals surface area contributed by atoms with Gasteiger partial charge in [-0.25, -0.2) is 24.3 Å². The van der Waals surface area contributed by atoms with Crippen molar-refractivity contribution >= 4 is 28.6 Å². The zero-order valence-corrected chi connectivity index (χ0v) is 18.5. The summed E-state index contributed by atoms with van der Waals surface area (Å²) in [7, 11) is 0. The average molecular weight is 459 g/mol. The molecule has 2 N–H and O–H groups in total. The van der Waals surface area contributed by atoms with Crippen LogP contribution in [0.5, 0.6) is 0 Å². The molecule has 5 rings (SSSR count). The molecule has 1 aliphatic rings. The van der Waals surface area contributed by atoms with Gasteiger partial charge in [0, 0.05) is 49.2 Å². The maximum atomic E-state index is 14.7. The van der Waals surface area contributed by atoms with Crippen molar-refractivity contribution in [2.24, 2.45) is 0 Å². The maximum absolute atomic E-state index is 14.7. The Bertz CT molecular complexity index is 1370. The van der Waals surface area contributed by atoms with Crippen LogP contribution < -0.4 is 10.6 Å². The van der Waals surface area contributed by atoms with Crippen LogP contribution in [0.2, 0.25) is 0 Å². The van der Waals surface area contributed by atoms with Gasteiger partial charge < -0.3 is 15.4 Å². The molecule has 1 aromatic carbocycles. The molecule has 0 unspecified atom stereocenters. The molecule has 0 radical (unpaired) electrons. The number of rotatable bonds is 5. The number of nitrogen functional groups attached to an aromatic ring is 1. The van der Waals surface area contributed by atoms with Crippen LogP contribution in [-0.2, 0) is 16.0 Å². The Kier molecular flexibility index (Phi) is 5.81. The monoisotopic (exact) mass is 459 g/mol. The predicted octanol–water partition coefficient (Wildman–Crippen LogP) is 2.84. The molecule has 1 saturated heterocycles. The second-order valence-corrected chi connectivity index (χ2v) is 8.08. The van der Waals surface area contributed by atoms with E-state index in [0.717, 1.165) is 5.56 Å². The molecular formula is C24H22FN7O2. The quantitative estimate of drug-likeness (QED) is 0.480. The number of carbonyl (C=O) groups excluding carboxylic acids is 1. The number of carbonyl (C=O) groups is 1. The number of hydrogen-bond acceptors (Lipinski definition) is 9. The van der Waals surface area contributed by atoms with Gasteiger partial charge in [0.15, 0.2) is 11.6 Å². The van der Waals surface area contributed by atoms with Crippen molar-refractivity contribution in [1.29, 1.82) is 0 Å². The summed E-state index contributed by atoms with van der Waals surface area (Å²) < 4.78 is 20.2. The third-order valence-corrected chi connectivity index (χ3v) is 5.55. The van der Waals surface area contributed by atoms with Crippen LogP contribution in [0.25, 0.3) is 33.5 Å². The lowest BCUT2D eigenvalue weighted by molar-refractivity contribution is -0.116. The van der Waals surface area contributed by atoms with Gasteiger partial charge in [0.25, 0.3) is 0 Å². The van der Waals surface area contributed by atoms with Crippen molar-refractivity contribution in [3.63, 3.8) is 0 Å². The highest BCUT2D eigenvalue weighted by atomic mass is 19.1. The number of ether oxygens (including phenoxy) is 1. The molecule has 9 nitrogen and oxygen atoms in total. The number of anilines is 2. The summed E-state index contributed by atoms with van der Waals surface area (Å²) in [6.45, 7) is 3.99. The molecule has 0 spiro atoms. The smallest absolute Gasteiger partial charge is 0.219 e. The molecular weight excluding hydrogens is 437 g/mol. The molecule has 4 aromatic rings.